The van der Waals surface area contributed by atoms with E-state index >= 15 is 0 Å². The highest BCUT2D eigenvalue weighted by Gasteiger charge is 2.37. The number of halogens is 3. The fraction of sp³-hybridized carbons (Fsp3) is 0.214. The molecule has 0 spiro atoms. The average molecular weight is 371 g/mol. The Hall–Kier alpha value is -3.44. The Bertz CT molecular complexity index is 869. The maximum Gasteiger partial charge on any atom is 0.416 e. The number of H-pyrrole nitrogens is 1. The number of aryl methyl sites for hydroxylation is 2. The van der Waals surface area contributed by atoms with Crippen LogP contribution in [0.1, 0.15) is 22.5 Å². The first kappa shape index (κ1) is 18.9. The van der Waals surface area contributed by atoms with Crippen molar-refractivity contribution >= 4 is 23.3 Å². The summed E-state index contributed by atoms with van der Waals surface area (Å²) in [5, 5.41) is 25.8. The van der Waals surface area contributed by atoms with E-state index in [0.29, 0.717) is 5.56 Å². The molecule has 0 fully saturated rings. The summed E-state index contributed by atoms with van der Waals surface area (Å²) in [6.45, 7) is 3.51. The van der Waals surface area contributed by atoms with E-state index in [4.69, 9.17) is 0 Å². The van der Waals surface area contributed by atoms with Crippen molar-refractivity contribution in [2.24, 2.45) is 5.10 Å². The van der Waals surface area contributed by atoms with Crippen LogP contribution in [-0.2, 0) is 6.18 Å². The summed E-state index contributed by atoms with van der Waals surface area (Å²) >= 11 is 0. The van der Waals surface area contributed by atoms with Gasteiger partial charge in [-0.3, -0.25) is 25.7 Å². The maximum atomic E-state index is 12.8. The number of alkyl halides is 3. The lowest BCUT2D eigenvalue weighted by Gasteiger charge is -2.09. The lowest BCUT2D eigenvalue weighted by Crippen LogP contribution is -2.09. The number of anilines is 1. The summed E-state index contributed by atoms with van der Waals surface area (Å²) in [6.07, 6.45) is -3.74. The number of rotatable bonds is 5. The van der Waals surface area contributed by atoms with Gasteiger partial charge in [-0.1, -0.05) is 0 Å². The summed E-state index contributed by atoms with van der Waals surface area (Å²) in [5.74, 6) is 0. The molecule has 0 saturated carbocycles. The lowest BCUT2D eigenvalue weighted by atomic mass is 10.1. The summed E-state index contributed by atoms with van der Waals surface area (Å²) in [6, 6.07) is 2.14. The first-order valence-corrected chi connectivity index (χ1v) is 7.00. The van der Waals surface area contributed by atoms with Crippen LogP contribution in [0, 0.1) is 34.1 Å². The van der Waals surface area contributed by atoms with Gasteiger partial charge in [-0.15, -0.1) is 0 Å². The Morgan fingerprint density at radius 2 is 1.65 bits per heavy atom. The molecule has 0 radical (unpaired) electrons. The van der Waals surface area contributed by atoms with Crippen LogP contribution in [0.5, 0.6) is 0 Å². The van der Waals surface area contributed by atoms with Crippen molar-refractivity contribution in [2.45, 2.75) is 20.0 Å². The zero-order valence-electron chi connectivity index (χ0n) is 13.4. The van der Waals surface area contributed by atoms with Crippen LogP contribution in [0.25, 0.3) is 0 Å². The standard InChI is InChI=1S/C14H12F3N5O4/c1-7-3-9(8(2)19-7)6-18-20-13-11(21(23)24)4-10(14(15,16)17)5-12(13)22(25)26/h3-6,19-20H,1-2H3/b18-6+. The Balaban J connectivity index is 2.50. The molecule has 1 aromatic heterocycles. The number of aromatic nitrogens is 1. The van der Waals surface area contributed by atoms with E-state index in [9.17, 15) is 33.4 Å². The number of nitrogens with one attached hydrogen (secondary N) is 2. The summed E-state index contributed by atoms with van der Waals surface area (Å²) in [4.78, 5) is 22.9. The van der Waals surface area contributed by atoms with Crippen LogP contribution in [-0.4, -0.2) is 21.0 Å². The van der Waals surface area contributed by atoms with Gasteiger partial charge in [-0.05, 0) is 19.9 Å². The third-order valence-electron chi connectivity index (χ3n) is 3.39. The van der Waals surface area contributed by atoms with Gasteiger partial charge in [0.15, 0.2) is 0 Å². The molecule has 0 bridgehead atoms. The normalized spacial score (nSPS) is 11.7. The second-order valence-corrected chi connectivity index (χ2v) is 5.30. The summed E-state index contributed by atoms with van der Waals surface area (Å²) in [7, 11) is 0. The van der Waals surface area contributed by atoms with E-state index < -0.39 is 38.6 Å². The quantitative estimate of drug-likeness (QED) is 0.468. The van der Waals surface area contributed by atoms with E-state index in [1.807, 2.05) is 0 Å². The van der Waals surface area contributed by atoms with Crippen LogP contribution in [0.2, 0.25) is 0 Å². The molecule has 0 amide bonds. The molecule has 12 heteroatoms. The smallest absolute Gasteiger partial charge is 0.362 e. The SMILES string of the molecule is Cc1cc(/C=N/Nc2c([N+](=O)[O-])cc(C(F)(F)F)cc2[N+](=O)[O-])c(C)[nH]1. The minimum atomic E-state index is -4.98. The minimum absolute atomic E-state index is 0.219. The fourth-order valence-electron chi connectivity index (χ4n) is 2.22. The molecule has 2 N–H and O–H groups in total. The van der Waals surface area contributed by atoms with Crippen molar-refractivity contribution in [1.29, 1.82) is 0 Å². The molecule has 1 aromatic carbocycles. The number of hydrogen-bond donors (Lipinski definition) is 2. The minimum Gasteiger partial charge on any atom is -0.362 e. The molecule has 138 valence electrons. The van der Waals surface area contributed by atoms with Gasteiger partial charge in [0.2, 0.25) is 5.69 Å². The molecule has 0 aliphatic heterocycles. The Labute approximate surface area is 143 Å². The number of benzene rings is 1. The van der Waals surface area contributed by atoms with Gasteiger partial charge >= 0.3 is 17.6 Å². The number of hydrogen-bond acceptors (Lipinski definition) is 6. The topological polar surface area (TPSA) is 126 Å². The number of nitrogens with zero attached hydrogens (tertiary/aromatic N) is 3. The van der Waals surface area contributed by atoms with E-state index in [1.165, 1.54) is 6.21 Å². The number of nitro groups is 2. The third kappa shape index (κ3) is 3.96. The zero-order chi connectivity index (χ0) is 19.6. The lowest BCUT2D eigenvalue weighted by molar-refractivity contribution is -0.392. The summed E-state index contributed by atoms with van der Waals surface area (Å²) in [5.41, 5.74) is -0.192. The second-order valence-electron chi connectivity index (χ2n) is 5.30. The van der Waals surface area contributed by atoms with Crippen molar-refractivity contribution in [1.82, 2.24) is 4.98 Å². The van der Waals surface area contributed by atoms with E-state index in [0.717, 1.165) is 11.4 Å². The number of nitro benzene ring substituents is 2. The Morgan fingerprint density at radius 3 is 2.04 bits per heavy atom. The molecule has 0 aliphatic rings. The van der Waals surface area contributed by atoms with Crippen LogP contribution < -0.4 is 5.43 Å². The van der Waals surface area contributed by atoms with Gasteiger partial charge in [0.05, 0.1) is 21.6 Å². The molecule has 26 heavy (non-hydrogen) atoms. The molecular formula is C14H12F3N5O4. The predicted octanol–water partition coefficient (Wildman–Crippen LogP) is 3.91. The van der Waals surface area contributed by atoms with Crippen LogP contribution >= 0.6 is 0 Å². The van der Waals surface area contributed by atoms with Crippen molar-refractivity contribution in [2.75, 3.05) is 5.43 Å². The highest BCUT2D eigenvalue weighted by Crippen LogP contribution is 2.41. The Kier molecular flexibility index (Phi) is 4.95. The molecular weight excluding hydrogens is 359 g/mol. The first-order chi connectivity index (χ1) is 12.0. The van der Waals surface area contributed by atoms with Gasteiger partial charge in [-0.2, -0.15) is 18.3 Å². The molecule has 1 heterocycles. The van der Waals surface area contributed by atoms with Crippen molar-refractivity contribution in [3.05, 3.63) is 60.9 Å². The van der Waals surface area contributed by atoms with Gasteiger partial charge < -0.3 is 4.98 Å². The first-order valence-electron chi connectivity index (χ1n) is 7.00. The predicted molar refractivity (Wildman–Crippen MR) is 86.2 cm³/mol. The molecule has 0 saturated heterocycles. The fourth-order valence-corrected chi connectivity index (χ4v) is 2.22. The van der Waals surface area contributed by atoms with Crippen molar-refractivity contribution < 1.29 is 23.0 Å². The number of aromatic amines is 1. The van der Waals surface area contributed by atoms with Crippen LogP contribution in [0.4, 0.5) is 30.2 Å². The highest BCUT2D eigenvalue weighted by atomic mass is 19.4. The maximum absolute atomic E-state index is 12.8. The molecule has 2 rings (SSSR count). The second kappa shape index (κ2) is 6.82. The van der Waals surface area contributed by atoms with Crippen LogP contribution in [0.15, 0.2) is 23.3 Å². The molecule has 0 atom stereocenters. The van der Waals surface area contributed by atoms with Gasteiger partial charge in [0.25, 0.3) is 0 Å². The van der Waals surface area contributed by atoms with Gasteiger partial charge in [0, 0.05) is 29.1 Å². The third-order valence-corrected chi connectivity index (χ3v) is 3.39. The van der Waals surface area contributed by atoms with Crippen LogP contribution in [0.3, 0.4) is 0 Å². The Morgan fingerprint density at radius 1 is 1.12 bits per heavy atom. The molecule has 0 unspecified atom stereocenters. The summed E-state index contributed by atoms with van der Waals surface area (Å²) < 4.78 is 38.5. The highest BCUT2D eigenvalue weighted by molar-refractivity contribution is 5.83. The van der Waals surface area contributed by atoms with E-state index in [-0.39, 0.29) is 12.1 Å². The van der Waals surface area contributed by atoms with Crippen molar-refractivity contribution in [3.8, 4) is 0 Å². The van der Waals surface area contributed by atoms with E-state index in [1.54, 1.807) is 19.9 Å². The largest absolute Gasteiger partial charge is 0.416 e. The molecule has 9 nitrogen and oxygen atoms in total. The average Bonchev–Trinajstić information content (AvgIpc) is 2.83. The van der Waals surface area contributed by atoms with Gasteiger partial charge in [-0.25, -0.2) is 0 Å². The van der Waals surface area contributed by atoms with E-state index in [2.05, 4.69) is 15.5 Å². The van der Waals surface area contributed by atoms with Crippen molar-refractivity contribution in [3.63, 3.8) is 0 Å². The molecule has 0 aliphatic carbocycles. The van der Waals surface area contributed by atoms with Gasteiger partial charge in [0.1, 0.15) is 0 Å². The number of hydrazone groups is 1. The monoisotopic (exact) mass is 371 g/mol. The molecule has 2 aromatic rings. The zero-order valence-corrected chi connectivity index (χ0v) is 13.4.